The summed E-state index contributed by atoms with van der Waals surface area (Å²) in [4.78, 5) is 28.9. The molecule has 30 heavy (non-hydrogen) atoms. The number of hydrogen-bond donors (Lipinski definition) is 0. The summed E-state index contributed by atoms with van der Waals surface area (Å²) in [6.07, 6.45) is 1.56. The molecule has 0 bridgehead atoms. The minimum absolute atomic E-state index is 0.0928. The summed E-state index contributed by atoms with van der Waals surface area (Å²) in [5, 5.41) is 4.23. The maximum Gasteiger partial charge on any atom is 0.274 e. The molecule has 0 unspecified atom stereocenters. The number of rotatable bonds is 4. The molecule has 0 N–H and O–H groups in total. The Kier molecular flexibility index (Phi) is 5.47. The van der Waals surface area contributed by atoms with Gasteiger partial charge in [-0.2, -0.15) is 5.10 Å². The van der Waals surface area contributed by atoms with Gasteiger partial charge in [0.25, 0.3) is 11.8 Å². The summed E-state index contributed by atoms with van der Waals surface area (Å²) in [5.74, 6) is -0.118. The van der Waals surface area contributed by atoms with E-state index in [9.17, 15) is 14.0 Å². The average molecular weight is 408 g/mol. The van der Waals surface area contributed by atoms with Crippen LogP contribution in [0.2, 0.25) is 0 Å². The number of methoxy groups -OCH3 is 1. The smallest absolute Gasteiger partial charge is 0.274 e. The Morgan fingerprint density at radius 2 is 1.63 bits per heavy atom. The fourth-order valence-electron chi connectivity index (χ4n) is 3.42. The minimum atomic E-state index is -0.413. The third kappa shape index (κ3) is 3.89. The molecule has 2 amide bonds. The molecule has 0 spiro atoms. The van der Waals surface area contributed by atoms with E-state index in [-0.39, 0.29) is 23.2 Å². The number of carbonyl (C=O) groups excluding carboxylic acids is 2. The highest BCUT2D eigenvalue weighted by Gasteiger charge is 2.27. The van der Waals surface area contributed by atoms with Crippen LogP contribution in [0.5, 0.6) is 5.75 Å². The first kappa shape index (κ1) is 19.6. The van der Waals surface area contributed by atoms with E-state index in [2.05, 4.69) is 5.10 Å². The van der Waals surface area contributed by atoms with Crippen molar-refractivity contribution in [2.24, 2.45) is 0 Å². The minimum Gasteiger partial charge on any atom is -0.497 e. The average Bonchev–Trinajstić information content (AvgIpc) is 3.28. The van der Waals surface area contributed by atoms with E-state index in [1.54, 1.807) is 71.6 Å². The van der Waals surface area contributed by atoms with Gasteiger partial charge in [-0.1, -0.05) is 18.2 Å². The van der Waals surface area contributed by atoms with Crippen LogP contribution in [0.25, 0.3) is 5.69 Å². The van der Waals surface area contributed by atoms with E-state index in [0.29, 0.717) is 37.5 Å². The molecule has 8 heteroatoms. The Labute approximate surface area is 173 Å². The van der Waals surface area contributed by atoms with Crippen molar-refractivity contribution >= 4 is 11.8 Å². The Bertz CT molecular complexity index is 1070. The molecule has 0 aliphatic carbocycles. The molecule has 4 rings (SSSR count). The molecule has 0 radical (unpaired) electrons. The Hall–Kier alpha value is -3.68. The SMILES string of the molecule is COc1cccc(C(=O)N2CCN(C(=O)c3ccn(-c4ccccc4F)n3)CC2)c1. The van der Waals surface area contributed by atoms with Gasteiger partial charge in [-0.05, 0) is 36.4 Å². The summed E-state index contributed by atoms with van der Waals surface area (Å²) in [7, 11) is 1.56. The molecule has 1 aliphatic heterocycles. The first-order valence-corrected chi connectivity index (χ1v) is 9.60. The van der Waals surface area contributed by atoms with Crippen molar-refractivity contribution in [2.45, 2.75) is 0 Å². The summed E-state index contributed by atoms with van der Waals surface area (Å²) in [6, 6.07) is 14.8. The maximum absolute atomic E-state index is 13.9. The van der Waals surface area contributed by atoms with Crippen LogP contribution in [0.1, 0.15) is 20.8 Å². The topological polar surface area (TPSA) is 67.7 Å². The molecule has 2 aromatic carbocycles. The van der Waals surface area contributed by atoms with Gasteiger partial charge in [-0.15, -0.1) is 0 Å². The van der Waals surface area contributed by atoms with Gasteiger partial charge in [-0.3, -0.25) is 9.59 Å². The number of benzene rings is 2. The van der Waals surface area contributed by atoms with Gasteiger partial charge in [0, 0.05) is 37.9 Å². The second-order valence-corrected chi connectivity index (χ2v) is 6.91. The van der Waals surface area contributed by atoms with E-state index < -0.39 is 5.82 Å². The highest BCUT2D eigenvalue weighted by Crippen LogP contribution is 2.17. The quantitative estimate of drug-likeness (QED) is 0.666. The van der Waals surface area contributed by atoms with Gasteiger partial charge in [0.05, 0.1) is 7.11 Å². The van der Waals surface area contributed by atoms with Crippen molar-refractivity contribution in [2.75, 3.05) is 33.3 Å². The Balaban J connectivity index is 1.40. The number of carbonyl (C=O) groups is 2. The number of aromatic nitrogens is 2. The number of hydrogen-bond acceptors (Lipinski definition) is 4. The first-order valence-electron chi connectivity index (χ1n) is 9.60. The van der Waals surface area contributed by atoms with Crippen LogP contribution in [-0.4, -0.2) is 64.7 Å². The predicted molar refractivity (Wildman–Crippen MR) is 108 cm³/mol. The van der Waals surface area contributed by atoms with E-state index in [4.69, 9.17) is 4.74 Å². The normalized spacial score (nSPS) is 13.9. The van der Waals surface area contributed by atoms with Crippen LogP contribution in [0.3, 0.4) is 0 Å². The monoisotopic (exact) mass is 408 g/mol. The fraction of sp³-hybridized carbons (Fsp3) is 0.227. The molecule has 7 nitrogen and oxygen atoms in total. The zero-order valence-corrected chi connectivity index (χ0v) is 16.5. The van der Waals surface area contributed by atoms with Crippen LogP contribution in [0, 0.1) is 5.82 Å². The van der Waals surface area contributed by atoms with Gasteiger partial charge < -0.3 is 14.5 Å². The molecule has 1 fully saturated rings. The van der Waals surface area contributed by atoms with Gasteiger partial charge in [0.1, 0.15) is 17.3 Å². The van der Waals surface area contributed by atoms with Crippen molar-refractivity contribution in [3.8, 4) is 11.4 Å². The second kappa shape index (κ2) is 8.36. The van der Waals surface area contributed by atoms with Crippen LogP contribution in [0.4, 0.5) is 4.39 Å². The molecular weight excluding hydrogens is 387 g/mol. The van der Waals surface area contributed by atoms with Crippen molar-refractivity contribution in [1.29, 1.82) is 0 Å². The molecule has 1 aliphatic rings. The lowest BCUT2D eigenvalue weighted by Crippen LogP contribution is -2.50. The second-order valence-electron chi connectivity index (χ2n) is 6.91. The molecule has 1 saturated heterocycles. The number of piperazine rings is 1. The van der Waals surface area contributed by atoms with Gasteiger partial charge in [0.15, 0.2) is 5.69 Å². The first-order chi connectivity index (χ1) is 14.6. The van der Waals surface area contributed by atoms with Crippen molar-refractivity contribution in [1.82, 2.24) is 19.6 Å². The number of ether oxygens (including phenoxy) is 1. The molecular formula is C22H21FN4O3. The van der Waals surface area contributed by atoms with Crippen LogP contribution >= 0.6 is 0 Å². The molecule has 154 valence electrons. The van der Waals surface area contributed by atoms with Gasteiger partial charge in [-0.25, -0.2) is 9.07 Å². The molecule has 0 atom stereocenters. The lowest BCUT2D eigenvalue weighted by atomic mass is 10.1. The molecule has 2 heterocycles. The molecule has 0 saturated carbocycles. The van der Waals surface area contributed by atoms with Crippen molar-refractivity contribution in [3.63, 3.8) is 0 Å². The Morgan fingerprint density at radius 3 is 2.33 bits per heavy atom. The van der Waals surface area contributed by atoms with Crippen LogP contribution in [0.15, 0.2) is 60.8 Å². The van der Waals surface area contributed by atoms with E-state index >= 15 is 0 Å². The van der Waals surface area contributed by atoms with Crippen LogP contribution in [-0.2, 0) is 0 Å². The zero-order valence-electron chi connectivity index (χ0n) is 16.5. The Morgan fingerprint density at radius 1 is 0.933 bits per heavy atom. The molecule has 3 aromatic rings. The number of para-hydroxylation sites is 1. The standard InChI is InChI=1S/C22H21FN4O3/c1-30-17-6-4-5-16(15-17)21(28)25-11-13-26(14-12-25)22(29)19-9-10-27(24-19)20-8-3-2-7-18(20)23/h2-10,15H,11-14H2,1H3. The summed E-state index contributed by atoms with van der Waals surface area (Å²) in [6.45, 7) is 1.66. The highest BCUT2D eigenvalue weighted by atomic mass is 19.1. The van der Waals surface area contributed by atoms with Gasteiger partial charge in [0.2, 0.25) is 0 Å². The van der Waals surface area contributed by atoms with Gasteiger partial charge >= 0.3 is 0 Å². The van der Waals surface area contributed by atoms with Crippen molar-refractivity contribution in [3.05, 3.63) is 77.9 Å². The summed E-state index contributed by atoms with van der Waals surface area (Å²) >= 11 is 0. The largest absolute Gasteiger partial charge is 0.497 e. The van der Waals surface area contributed by atoms with E-state index in [1.807, 2.05) is 0 Å². The number of nitrogens with zero attached hydrogens (tertiary/aromatic N) is 4. The third-order valence-electron chi connectivity index (χ3n) is 5.08. The van der Waals surface area contributed by atoms with E-state index in [1.165, 1.54) is 10.7 Å². The number of amides is 2. The lowest BCUT2D eigenvalue weighted by Gasteiger charge is -2.34. The predicted octanol–water partition coefficient (Wildman–Crippen LogP) is 2.62. The zero-order chi connectivity index (χ0) is 21.1. The molecule has 1 aromatic heterocycles. The fourth-order valence-corrected chi connectivity index (χ4v) is 3.42. The lowest BCUT2D eigenvalue weighted by molar-refractivity contribution is 0.0532. The summed E-state index contributed by atoms with van der Waals surface area (Å²) in [5.41, 5.74) is 1.08. The van der Waals surface area contributed by atoms with E-state index in [0.717, 1.165) is 0 Å². The maximum atomic E-state index is 13.9. The highest BCUT2D eigenvalue weighted by molar-refractivity contribution is 5.95. The van der Waals surface area contributed by atoms with Crippen molar-refractivity contribution < 1.29 is 18.7 Å². The number of halogens is 1. The summed E-state index contributed by atoms with van der Waals surface area (Å²) < 4.78 is 20.5. The van der Waals surface area contributed by atoms with Crippen LogP contribution < -0.4 is 4.74 Å². The third-order valence-corrected chi connectivity index (χ3v) is 5.08.